The number of nitriles is 1. The number of para-hydroxylation sites is 1. The van der Waals surface area contributed by atoms with Crippen molar-refractivity contribution in [1.29, 1.82) is 5.26 Å². The van der Waals surface area contributed by atoms with Crippen molar-refractivity contribution < 1.29 is 9.53 Å². The Morgan fingerprint density at radius 2 is 1.79 bits per heavy atom. The van der Waals surface area contributed by atoms with Crippen molar-refractivity contribution in [2.75, 3.05) is 11.9 Å². The van der Waals surface area contributed by atoms with Gasteiger partial charge in [-0.2, -0.15) is 5.26 Å². The molecule has 3 aromatic rings. The van der Waals surface area contributed by atoms with E-state index >= 15 is 0 Å². The van der Waals surface area contributed by atoms with Gasteiger partial charge in [0.25, 0.3) is 5.91 Å². The molecule has 0 atom stereocenters. The lowest BCUT2D eigenvalue weighted by atomic mass is 10.0. The molecule has 0 aliphatic rings. The van der Waals surface area contributed by atoms with Gasteiger partial charge < -0.3 is 10.1 Å². The molecule has 0 aliphatic heterocycles. The van der Waals surface area contributed by atoms with Crippen molar-refractivity contribution in [2.45, 2.75) is 20.8 Å². The van der Waals surface area contributed by atoms with Crippen LogP contribution in [0.15, 0.2) is 60.2 Å². The second-order valence-corrected chi connectivity index (χ2v) is 6.52. The number of rotatable bonds is 5. The lowest BCUT2D eigenvalue weighted by Crippen LogP contribution is -2.15. The van der Waals surface area contributed by atoms with Gasteiger partial charge in [0, 0.05) is 11.3 Å². The van der Waals surface area contributed by atoms with Gasteiger partial charge in [0.05, 0.1) is 6.61 Å². The Labute approximate surface area is 165 Å². The van der Waals surface area contributed by atoms with Crippen molar-refractivity contribution in [3.05, 3.63) is 76.9 Å². The molecule has 0 aliphatic carbocycles. The molecule has 0 saturated heterocycles. The quantitative estimate of drug-likeness (QED) is 0.483. The topological polar surface area (TPSA) is 62.1 Å². The third kappa shape index (κ3) is 3.89. The van der Waals surface area contributed by atoms with Crippen LogP contribution in [0.5, 0.6) is 5.75 Å². The van der Waals surface area contributed by atoms with E-state index in [4.69, 9.17) is 4.74 Å². The minimum Gasteiger partial charge on any atom is -0.493 e. The van der Waals surface area contributed by atoms with E-state index in [1.54, 1.807) is 6.08 Å². The summed E-state index contributed by atoms with van der Waals surface area (Å²) >= 11 is 0. The van der Waals surface area contributed by atoms with E-state index < -0.39 is 5.91 Å². The molecular weight excluding hydrogens is 348 g/mol. The molecule has 3 rings (SSSR count). The van der Waals surface area contributed by atoms with Crippen molar-refractivity contribution in [2.24, 2.45) is 0 Å². The SMILES string of the molecule is CCOc1ccc2ccccc2c1/C=C(\C#N)C(=O)Nc1c(C)cccc1C. The van der Waals surface area contributed by atoms with Crippen molar-refractivity contribution in [3.63, 3.8) is 0 Å². The van der Waals surface area contributed by atoms with Crippen LogP contribution in [-0.2, 0) is 4.79 Å². The molecule has 0 heterocycles. The molecule has 0 spiro atoms. The fraction of sp³-hybridized carbons (Fsp3) is 0.167. The summed E-state index contributed by atoms with van der Waals surface area (Å²) in [5, 5.41) is 14.5. The van der Waals surface area contributed by atoms with E-state index in [1.807, 2.05) is 81.4 Å². The van der Waals surface area contributed by atoms with Gasteiger partial charge in [-0.15, -0.1) is 0 Å². The van der Waals surface area contributed by atoms with E-state index in [2.05, 4.69) is 5.32 Å². The molecule has 3 aromatic carbocycles. The predicted octanol–water partition coefficient (Wildman–Crippen LogP) is 5.40. The predicted molar refractivity (Wildman–Crippen MR) is 113 cm³/mol. The van der Waals surface area contributed by atoms with E-state index in [1.165, 1.54) is 0 Å². The molecule has 140 valence electrons. The maximum Gasteiger partial charge on any atom is 0.266 e. The number of nitrogens with one attached hydrogen (secondary N) is 1. The fourth-order valence-corrected chi connectivity index (χ4v) is 3.19. The minimum atomic E-state index is -0.435. The molecule has 1 amide bonds. The second kappa shape index (κ2) is 8.41. The summed E-state index contributed by atoms with van der Waals surface area (Å²) in [6, 6.07) is 19.5. The number of carbonyl (C=O) groups excluding carboxylic acids is 1. The smallest absolute Gasteiger partial charge is 0.266 e. The number of carbonyl (C=O) groups is 1. The highest BCUT2D eigenvalue weighted by atomic mass is 16.5. The molecule has 4 nitrogen and oxygen atoms in total. The Kier molecular flexibility index (Phi) is 5.76. The molecule has 1 N–H and O–H groups in total. The largest absolute Gasteiger partial charge is 0.493 e. The Hall–Kier alpha value is -3.58. The number of fused-ring (bicyclic) bond motifs is 1. The van der Waals surface area contributed by atoms with Crippen LogP contribution < -0.4 is 10.1 Å². The van der Waals surface area contributed by atoms with Crippen LogP contribution in [-0.4, -0.2) is 12.5 Å². The summed E-state index contributed by atoms with van der Waals surface area (Å²) < 4.78 is 5.74. The number of hydrogen-bond acceptors (Lipinski definition) is 3. The van der Waals surface area contributed by atoms with Crippen LogP contribution in [0.1, 0.15) is 23.6 Å². The van der Waals surface area contributed by atoms with Gasteiger partial charge in [-0.25, -0.2) is 0 Å². The summed E-state index contributed by atoms with van der Waals surface area (Å²) in [7, 11) is 0. The molecule has 0 saturated carbocycles. The van der Waals surface area contributed by atoms with Gasteiger partial charge in [-0.3, -0.25) is 4.79 Å². The highest BCUT2D eigenvalue weighted by Gasteiger charge is 2.15. The summed E-state index contributed by atoms with van der Waals surface area (Å²) in [6.45, 7) is 6.25. The number of nitrogens with zero attached hydrogens (tertiary/aromatic N) is 1. The van der Waals surface area contributed by atoms with Crippen LogP contribution in [0.4, 0.5) is 5.69 Å². The minimum absolute atomic E-state index is 0.0277. The van der Waals surface area contributed by atoms with Crippen molar-refractivity contribution in [3.8, 4) is 11.8 Å². The van der Waals surface area contributed by atoms with E-state index in [-0.39, 0.29) is 5.57 Å². The van der Waals surface area contributed by atoms with E-state index in [0.717, 1.165) is 33.2 Å². The Bertz CT molecular complexity index is 1090. The molecule has 4 heteroatoms. The molecule has 0 fully saturated rings. The molecule has 28 heavy (non-hydrogen) atoms. The van der Waals surface area contributed by atoms with E-state index in [0.29, 0.717) is 12.4 Å². The zero-order chi connectivity index (χ0) is 20.1. The molecular formula is C24H22N2O2. The monoisotopic (exact) mass is 370 g/mol. The zero-order valence-electron chi connectivity index (χ0n) is 16.2. The van der Waals surface area contributed by atoms with Crippen molar-refractivity contribution >= 4 is 28.4 Å². The maximum atomic E-state index is 12.8. The summed E-state index contributed by atoms with van der Waals surface area (Å²) in [5.74, 6) is 0.212. The molecule has 0 unspecified atom stereocenters. The third-order valence-corrected chi connectivity index (χ3v) is 4.60. The fourth-order valence-electron chi connectivity index (χ4n) is 3.19. The van der Waals surface area contributed by atoms with Gasteiger partial charge in [0.15, 0.2) is 0 Å². The van der Waals surface area contributed by atoms with Crippen LogP contribution >= 0.6 is 0 Å². The lowest BCUT2D eigenvalue weighted by molar-refractivity contribution is -0.112. The summed E-state index contributed by atoms with van der Waals surface area (Å²) in [5.41, 5.74) is 3.39. The third-order valence-electron chi connectivity index (χ3n) is 4.60. The standard InChI is InChI=1S/C24H22N2O2/c1-4-28-22-13-12-18-10-5-6-11-20(18)21(22)14-19(15-25)24(27)26-23-16(2)8-7-9-17(23)3/h5-14H,4H2,1-3H3,(H,26,27)/b19-14+. The van der Waals surface area contributed by atoms with Gasteiger partial charge in [0.2, 0.25) is 0 Å². The first-order chi connectivity index (χ1) is 13.5. The second-order valence-electron chi connectivity index (χ2n) is 6.52. The molecule has 0 aromatic heterocycles. The average Bonchev–Trinajstić information content (AvgIpc) is 2.70. The molecule has 0 bridgehead atoms. The van der Waals surface area contributed by atoms with Crippen LogP contribution in [0.25, 0.3) is 16.8 Å². The number of hydrogen-bond donors (Lipinski definition) is 1. The van der Waals surface area contributed by atoms with Crippen LogP contribution in [0.2, 0.25) is 0 Å². The average molecular weight is 370 g/mol. The van der Waals surface area contributed by atoms with E-state index in [9.17, 15) is 10.1 Å². The normalized spacial score (nSPS) is 11.1. The van der Waals surface area contributed by atoms with Gasteiger partial charge in [-0.05, 0) is 54.8 Å². The van der Waals surface area contributed by atoms with Crippen LogP contribution in [0, 0.1) is 25.2 Å². The number of ether oxygens (including phenoxy) is 1. The number of amides is 1. The van der Waals surface area contributed by atoms with Gasteiger partial charge >= 0.3 is 0 Å². The Balaban J connectivity index is 2.06. The lowest BCUT2D eigenvalue weighted by Gasteiger charge is -2.13. The maximum absolute atomic E-state index is 12.8. The van der Waals surface area contributed by atoms with Crippen LogP contribution in [0.3, 0.4) is 0 Å². The Morgan fingerprint density at radius 1 is 1.07 bits per heavy atom. The van der Waals surface area contributed by atoms with Crippen molar-refractivity contribution in [1.82, 2.24) is 0 Å². The summed E-state index contributed by atoms with van der Waals surface area (Å²) in [4.78, 5) is 12.8. The van der Waals surface area contributed by atoms with Gasteiger partial charge in [0.1, 0.15) is 17.4 Å². The highest BCUT2D eigenvalue weighted by molar-refractivity contribution is 6.11. The Morgan fingerprint density at radius 3 is 2.46 bits per heavy atom. The zero-order valence-corrected chi connectivity index (χ0v) is 16.2. The van der Waals surface area contributed by atoms with Gasteiger partial charge in [-0.1, -0.05) is 48.5 Å². The molecule has 0 radical (unpaired) electrons. The first-order valence-corrected chi connectivity index (χ1v) is 9.19. The highest BCUT2D eigenvalue weighted by Crippen LogP contribution is 2.30. The first-order valence-electron chi connectivity index (χ1n) is 9.19. The first kappa shape index (κ1) is 19.2. The summed E-state index contributed by atoms with van der Waals surface area (Å²) in [6.07, 6.45) is 1.61. The number of benzene rings is 3. The number of aryl methyl sites for hydroxylation is 2. The number of anilines is 1.